The second kappa shape index (κ2) is 8.72. The van der Waals surface area contributed by atoms with Crippen molar-refractivity contribution < 1.29 is 9.90 Å². The number of nitrogens with one attached hydrogen (secondary N) is 2. The topological polar surface area (TPSA) is 146 Å². The van der Waals surface area contributed by atoms with E-state index in [0.717, 1.165) is 11.1 Å². The van der Waals surface area contributed by atoms with Gasteiger partial charge in [-0.2, -0.15) is 5.10 Å². The first-order valence-corrected chi connectivity index (χ1v) is 9.91. The van der Waals surface area contributed by atoms with Gasteiger partial charge in [0.25, 0.3) is 0 Å². The number of anilines is 3. The molecule has 1 aromatic carbocycles. The van der Waals surface area contributed by atoms with Gasteiger partial charge >= 0.3 is 6.03 Å². The quantitative estimate of drug-likeness (QED) is 0.328. The summed E-state index contributed by atoms with van der Waals surface area (Å²) < 4.78 is 1.52. The third-order valence-electron chi connectivity index (χ3n) is 4.72. The maximum absolute atomic E-state index is 12.6. The van der Waals surface area contributed by atoms with Crippen LogP contribution in [-0.2, 0) is 0 Å². The van der Waals surface area contributed by atoms with Gasteiger partial charge in [-0.3, -0.25) is 5.32 Å². The Morgan fingerprint density at radius 1 is 1.19 bits per heavy atom. The summed E-state index contributed by atoms with van der Waals surface area (Å²) in [5.41, 5.74) is 9.84. The standard InChI is InChI=1S/C22H22N8O2/c1-3-24-21(31)16-11-30-19(20(23)26-12-27-30)18(16)14-4-6-15(7-5-14)28-22(32)29-17-10-13(2)8-9-25-17/h4-12H,3H2,1-2H3,(H,24,31)(H2,23,26,27)(H2,25,28,29,32)/p-1. The van der Waals surface area contributed by atoms with Gasteiger partial charge in [0.15, 0.2) is 5.82 Å². The first-order chi connectivity index (χ1) is 15.5. The average molecular weight is 429 g/mol. The number of carbonyl (C=O) groups excluding carboxylic acids is 1. The van der Waals surface area contributed by atoms with E-state index in [0.29, 0.717) is 34.7 Å². The lowest BCUT2D eigenvalue weighted by molar-refractivity contribution is -0.213. The van der Waals surface area contributed by atoms with Gasteiger partial charge in [-0.25, -0.2) is 19.3 Å². The van der Waals surface area contributed by atoms with E-state index < -0.39 is 6.03 Å². The molecule has 0 saturated carbocycles. The van der Waals surface area contributed by atoms with Crippen molar-refractivity contribution in [2.24, 2.45) is 4.99 Å². The van der Waals surface area contributed by atoms with E-state index in [1.54, 1.807) is 49.6 Å². The zero-order valence-corrected chi connectivity index (χ0v) is 17.5. The van der Waals surface area contributed by atoms with Crippen molar-refractivity contribution in [3.05, 3.63) is 66.2 Å². The maximum atomic E-state index is 12.6. The van der Waals surface area contributed by atoms with Crippen LogP contribution in [0.5, 0.6) is 0 Å². The van der Waals surface area contributed by atoms with E-state index in [-0.39, 0.29) is 11.7 Å². The summed E-state index contributed by atoms with van der Waals surface area (Å²) in [6, 6.07) is 10.2. The Labute approximate surface area is 183 Å². The van der Waals surface area contributed by atoms with E-state index in [1.165, 1.54) is 10.8 Å². The van der Waals surface area contributed by atoms with Gasteiger partial charge in [0.05, 0.1) is 0 Å². The Kier molecular flexibility index (Phi) is 5.67. The number of rotatable bonds is 5. The van der Waals surface area contributed by atoms with Crippen molar-refractivity contribution in [2.45, 2.75) is 13.8 Å². The molecule has 0 atom stereocenters. The van der Waals surface area contributed by atoms with Gasteiger partial charge in [0, 0.05) is 35.8 Å². The highest BCUT2D eigenvalue weighted by atomic mass is 16.3. The van der Waals surface area contributed by atoms with Gasteiger partial charge in [-0.05, 0) is 55.1 Å². The van der Waals surface area contributed by atoms with Crippen LogP contribution < -0.4 is 21.5 Å². The molecular formula is C22H21N8O2-. The minimum Gasteiger partial charge on any atom is -0.858 e. The second-order valence-corrected chi connectivity index (χ2v) is 7.01. The molecule has 0 radical (unpaired) electrons. The molecule has 0 spiro atoms. The average Bonchev–Trinajstić information content (AvgIpc) is 3.15. The molecule has 10 heteroatoms. The van der Waals surface area contributed by atoms with Crippen molar-refractivity contribution in [1.82, 2.24) is 19.6 Å². The lowest BCUT2D eigenvalue weighted by Crippen LogP contribution is -2.20. The van der Waals surface area contributed by atoms with Gasteiger partial charge in [-0.1, -0.05) is 12.1 Å². The summed E-state index contributed by atoms with van der Waals surface area (Å²) >= 11 is 0. The van der Waals surface area contributed by atoms with Crippen LogP contribution in [0.1, 0.15) is 18.1 Å². The van der Waals surface area contributed by atoms with E-state index >= 15 is 0 Å². The van der Waals surface area contributed by atoms with Crippen molar-refractivity contribution >= 4 is 34.8 Å². The molecule has 0 saturated heterocycles. The summed E-state index contributed by atoms with van der Waals surface area (Å²) in [6.45, 7) is 4.07. The van der Waals surface area contributed by atoms with Crippen LogP contribution in [0, 0.1) is 6.92 Å². The van der Waals surface area contributed by atoms with E-state index in [9.17, 15) is 9.90 Å². The Morgan fingerprint density at radius 2 is 1.97 bits per heavy atom. The number of aryl methyl sites for hydroxylation is 1. The molecule has 0 unspecified atom stereocenters. The lowest BCUT2D eigenvalue weighted by Gasteiger charge is -2.13. The molecule has 3 aromatic heterocycles. The summed E-state index contributed by atoms with van der Waals surface area (Å²) in [6.07, 6.45) is 4.55. The molecule has 32 heavy (non-hydrogen) atoms. The molecule has 3 heterocycles. The number of fused-ring (bicyclic) bond motifs is 1. The van der Waals surface area contributed by atoms with Crippen molar-refractivity contribution in [3.8, 4) is 11.1 Å². The largest absolute Gasteiger partial charge is 0.858 e. The van der Waals surface area contributed by atoms with Crippen LogP contribution in [0.15, 0.2) is 60.1 Å². The highest BCUT2D eigenvalue weighted by Crippen LogP contribution is 2.33. The number of aromatic nitrogens is 4. The Morgan fingerprint density at radius 3 is 2.69 bits per heavy atom. The van der Waals surface area contributed by atoms with Crippen LogP contribution in [0.3, 0.4) is 0 Å². The second-order valence-electron chi connectivity index (χ2n) is 7.01. The first-order valence-electron chi connectivity index (χ1n) is 9.91. The van der Waals surface area contributed by atoms with Crippen molar-refractivity contribution in [3.63, 3.8) is 0 Å². The monoisotopic (exact) mass is 429 g/mol. The molecule has 0 aliphatic carbocycles. The maximum Gasteiger partial charge on any atom is 0.324 e. The highest BCUT2D eigenvalue weighted by molar-refractivity contribution is 6.05. The third kappa shape index (κ3) is 4.19. The van der Waals surface area contributed by atoms with Gasteiger partial charge in [0.2, 0.25) is 0 Å². The predicted octanol–water partition coefficient (Wildman–Crippen LogP) is 2.45. The summed E-state index contributed by atoms with van der Waals surface area (Å²) in [7, 11) is 0. The van der Waals surface area contributed by atoms with E-state index in [4.69, 9.17) is 5.73 Å². The SMILES string of the molecule is CCN=C([O-])c1cn2ncnc(N)c2c1-c1ccc(NC(=O)Nc2cc(C)ccn2)cc1. The summed E-state index contributed by atoms with van der Waals surface area (Å²) in [5, 5.41) is 22.2. The molecule has 4 rings (SSSR count). The van der Waals surface area contributed by atoms with Crippen LogP contribution >= 0.6 is 0 Å². The zero-order valence-electron chi connectivity index (χ0n) is 17.5. The number of carbonyl (C=O) groups is 1. The van der Waals surface area contributed by atoms with E-state index in [1.807, 2.05) is 13.0 Å². The summed E-state index contributed by atoms with van der Waals surface area (Å²) in [4.78, 5) is 24.4. The number of hydrogen-bond acceptors (Lipinski definition) is 7. The number of nitrogens with zero attached hydrogens (tertiary/aromatic N) is 5. The molecule has 2 amide bonds. The van der Waals surface area contributed by atoms with Crippen molar-refractivity contribution in [1.29, 1.82) is 0 Å². The van der Waals surface area contributed by atoms with Crippen molar-refractivity contribution in [2.75, 3.05) is 22.9 Å². The highest BCUT2D eigenvalue weighted by Gasteiger charge is 2.17. The number of nitrogens with two attached hydrogens (primary N) is 1. The molecular weight excluding hydrogens is 408 g/mol. The number of nitrogen functional groups attached to an aromatic ring is 1. The van der Waals surface area contributed by atoms with Crippen LogP contribution in [0.4, 0.5) is 22.1 Å². The number of pyridine rings is 1. The molecule has 4 N–H and O–H groups in total. The molecule has 0 aliphatic rings. The van der Waals surface area contributed by atoms with Crippen LogP contribution in [0.2, 0.25) is 0 Å². The smallest absolute Gasteiger partial charge is 0.324 e. The minimum absolute atomic E-state index is 0.248. The van der Waals surface area contributed by atoms with E-state index in [2.05, 4.69) is 30.7 Å². The first kappa shape index (κ1) is 20.8. The van der Waals surface area contributed by atoms with Gasteiger partial charge < -0.3 is 21.1 Å². The molecule has 10 nitrogen and oxygen atoms in total. The number of hydrogen-bond donors (Lipinski definition) is 3. The van der Waals surface area contributed by atoms with Gasteiger partial charge in [-0.15, -0.1) is 0 Å². The number of aliphatic imine (C=N–C) groups is 1. The lowest BCUT2D eigenvalue weighted by atomic mass is 10.0. The zero-order chi connectivity index (χ0) is 22.7. The molecule has 0 aliphatic heterocycles. The number of amides is 2. The predicted molar refractivity (Wildman–Crippen MR) is 122 cm³/mol. The fourth-order valence-electron chi connectivity index (χ4n) is 3.32. The molecule has 0 fully saturated rings. The van der Waals surface area contributed by atoms with Crippen LogP contribution in [0.25, 0.3) is 16.6 Å². The number of benzene rings is 1. The van der Waals surface area contributed by atoms with Crippen LogP contribution in [-0.4, -0.2) is 38.1 Å². The fraction of sp³-hybridized carbons (Fsp3) is 0.136. The molecule has 162 valence electrons. The minimum atomic E-state index is -0.416. The Bertz CT molecular complexity index is 1310. The number of urea groups is 1. The normalized spacial score (nSPS) is 11.5. The van der Waals surface area contributed by atoms with Gasteiger partial charge in [0.1, 0.15) is 17.7 Å². The fourth-order valence-corrected chi connectivity index (χ4v) is 3.32. The molecule has 0 bridgehead atoms. The molecule has 4 aromatic rings. The Hall–Kier alpha value is -4.47. The Balaban J connectivity index is 1.63. The third-order valence-corrected chi connectivity index (χ3v) is 4.72. The summed E-state index contributed by atoms with van der Waals surface area (Å²) in [5.74, 6) is 0.343.